The summed E-state index contributed by atoms with van der Waals surface area (Å²) >= 11 is 0. The largest absolute Gasteiger partial charge is 0.352 e. The zero-order chi connectivity index (χ0) is 17.4. The number of carbonyl (C=O) groups excluding carboxylic acids is 2. The van der Waals surface area contributed by atoms with E-state index in [-0.39, 0.29) is 17.9 Å². The normalized spacial score (nSPS) is 13.3. The van der Waals surface area contributed by atoms with Crippen molar-refractivity contribution in [2.24, 2.45) is 0 Å². The molecule has 0 aliphatic carbocycles. The van der Waals surface area contributed by atoms with Gasteiger partial charge in [0.15, 0.2) is 0 Å². The first-order chi connectivity index (χ1) is 10.9. The molecule has 23 heavy (non-hydrogen) atoms. The van der Waals surface area contributed by atoms with E-state index in [0.29, 0.717) is 19.4 Å². The molecule has 0 aromatic heterocycles. The van der Waals surface area contributed by atoms with E-state index in [2.05, 4.69) is 5.32 Å². The Balaban J connectivity index is 2.95. The number of rotatable bonds is 8. The molecule has 1 rings (SSSR count). The van der Waals surface area contributed by atoms with Gasteiger partial charge in [0, 0.05) is 19.0 Å². The van der Waals surface area contributed by atoms with E-state index in [9.17, 15) is 9.59 Å². The highest BCUT2D eigenvalue weighted by atomic mass is 16.2. The minimum atomic E-state index is -0.419. The second kappa shape index (κ2) is 9.33. The van der Waals surface area contributed by atoms with Crippen LogP contribution in [0.1, 0.15) is 58.1 Å². The zero-order valence-electron chi connectivity index (χ0n) is 15.1. The highest BCUT2D eigenvalue weighted by Crippen LogP contribution is 2.14. The maximum Gasteiger partial charge on any atom is 0.243 e. The van der Waals surface area contributed by atoms with Crippen LogP contribution < -0.4 is 5.32 Å². The van der Waals surface area contributed by atoms with Crippen LogP contribution in [0.25, 0.3) is 0 Å². The molecule has 0 aliphatic heterocycles. The molecular weight excluding hydrogens is 288 g/mol. The molecule has 0 saturated carbocycles. The molecule has 4 nitrogen and oxygen atoms in total. The zero-order valence-corrected chi connectivity index (χ0v) is 15.1. The molecule has 1 N–H and O–H groups in total. The minimum absolute atomic E-state index is 0.0109. The van der Waals surface area contributed by atoms with Gasteiger partial charge in [-0.15, -0.1) is 0 Å². The number of aryl methyl sites for hydroxylation is 1. The number of hydrogen-bond acceptors (Lipinski definition) is 2. The van der Waals surface area contributed by atoms with Gasteiger partial charge in [-0.1, -0.05) is 50.6 Å². The van der Waals surface area contributed by atoms with Gasteiger partial charge in [0.1, 0.15) is 6.04 Å². The number of carbonyl (C=O) groups is 2. The molecule has 2 atom stereocenters. The predicted molar refractivity (Wildman–Crippen MR) is 94.0 cm³/mol. The predicted octanol–water partition coefficient (Wildman–Crippen LogP) is 3.43. The summed E-state index contributed by atoms with van der Waals surface area (Å²) in [7, 11) is 0. The molecular formula is C19H30N2O2. The summed E-state index contributed by atoms with van der Waals surface area (Å²) in [6.07, 6.45) is 1.89. The standard InChI is InChI=1S/C19H30N2O2/c1-6-15(5)20-19(23)17(7-2)21(18(22)8-3)13-16-11-9-14(4)10-12-16/h9-12,15,17H,6-8,13H2,1-5H3,(H,20,23)/t15-,17+/m1/s1. The van der Waals surface area contributed by atoms with Gasteiger partial charge in [0.2, 0.25) is 11.8 Å². The molecule has 4 heteroatoms. The average molecular weight is 318 g/mol. The second-order valence-electron chi connectivity index (χ2n) is 6.10. The number of benzene rings is 1. The van der Waals surface area contributed by atoms with Crippen LogP contribution in [0.5, 0.6) is 0 Å². The van der Waals surface area contributed by atoms with Crippen LogP contribution in [-0.2, 0) is 16.1 Å². The van der Waals surface area contributed by atoms with E-state index in [1.807, 2.05) is 58.9 Å². The van der Waals surface area contributed by atoms with Crippen molar-refractivity contribution in [3.05, 3.63) is 35.4 Å². The lowest BCUT2D eigenvalue weighted by molar-refractivity contribution is -0.141. The fraction of sp³-hybridized carbons (Fsp3) is 0.579. The van der Waals surface area contributed by atoms with Gasteiger partial charge < -0.3 is 10.2 Å². The Morgan fingerprint density at radius 1 is 1.09 bits per heavy atom. The Hall–Kier alpha value is -1.84. The lowest BCUT2D eigenvalue weighted by Gasteiger charge is -2.31. The lowest BCUT2D eigenvalue weighted by atomic mass is 10.1. The van der Waals surface area contributed by atoms with Crippen LogP contribution in [0.2, 0.25) is 0 Å². The maximum atomic E-state index is 12.5. The molecule has 128 valence electrons. The fourth-order valence-electron chi connectivity index (χ4n) is 2.45. The maximum absolute atomic E-state index is 12.5. The Bertz CT molecular complexity index is 511. The Morgan fingerprint density at radius 2 is 1.70 bits per heavy atom. The van der Waals surface area contributed by atoms with E-state index in [4.69, 9.17) is 0 Å². The number of amides is 2. The van der Waals surface area contributed by atoms with Crippen molar-refractivity contribution < 1.29 is 9.59 Å². The van der Waals surface area contributed by atoms with Gasteiger partial charge >= 0.3 is 0 Å². The van der Waals surface area contributed by atoms with Gasteiger partial charge in [0.25, 0.3) is 0 Å². The summed E-state index contributed by atoms with van der Waals surface area (Å²) in [6.45, 7) is 10.3. The monoisotopic (exact) mass is 318 g/mol. The summed E-state index contributed by atoms with van der Waals surface area (Å²) in [4.78, 5) is 26.6. The van der Waals surface area contributed by atoms with Gasteiger partial charge in [-0.05, 0) is 32.3 Å². The van der Waals surface area contributed by atoms with Crippen molar-refractivity contribution in [3.63, 3.8) is 0 Å². The van der Waals surface area contributed by atoms with Crippen LogP contribution in [0.15, 0.2) is 24.3 Å². The van der Waals surface area contributed by atoms with Gasteiger partial charge in [-0.25, -0.2) is 0 Å². The van der Waals surface area contributed by atoms with Crippen molar-refractivity contribution in [2.75, 3.05) is 0 Å². The number of nitrogens with one attached hydrogen (secondary N) is 1. The van der Waals surface area contributed by atoms with Gasteiger partial charge in [-0.3, -0.25) is 9.59 Å². The smallest absolute Gasteiger partial charge is 0.243 e. The molecule has 0 unspecified atom stereocenters. The molecule has 0 saturated heterocycles. The molecule has 0 fully saturated rings. The first kappa shape index (κ1) is 19.2. The fourth-order valence-corrected chi connectivity index (χ4v) is 2.45. The Labute approximate surface area is 140 Å². The van der Waals surface area contributed by atoms with E-state index in [0.717, 1.165) is 12.0 Å². The lowest BCUT2D eigenvalue weighted by Crippen LogP contribution is -2.50. The van der Waals surface area contributed by atoms with Gasteiger partial charge in [0.05, 0.1) is 0 Å². The van der Waals surface area contributed by atoms with E-state index in [1.165, 1.54) is 5.56 Å². The summed E-state index contributed by atoms with van der Waals surface area (Å²) in [5.74, 6) is -0.0486. The van der Waals surface area contributed by atoms with Crippen LogP contribution in [0.3, 0.4) is 0 Å². The van der Waals surface area contributed by atoms with E-state index in [1.54, 1.807) is 4.90 Å². The molecule has 0 radical (unpaired) electrons. The third-order valence-electron chi connectivity index (χ3n) is 4.16. The van der Waals surface area contributed by atoms with Crippen LogP contribution in [0.4, 0.5) is 0 Å². The number of hydrogen-bond donors (Lipinski definition) is 1. The molecule has 0 aliphatic rings. The molecule has 2 amide bonds. The summed E-state index contributed by atoms with van der Waals surface area (Å²) in [5.41, 5.74) is 2.23. The van der Waals surface area contributed by atoms with E-state index < -0.39 is 6.04 Å². The average Bonchev–Trinajstić information content (AvgIpc) is 2.55. The van der Waals surface area contributed by atoms with Crippen molar-refractivity contribution >= 4 is 11.8 Å². The molecule has 0 spiro atoms. The quantitative estimate of drug-likeness (QED) is 0.798. The summed E-state index contributed by atoms with van der Waals surface area (Å²) in [6, 6.07) is 7.80. The van der Waals surface area contributed by atoms with Crippen molar-refractivity contribution in [1.29, 1.82) is 0 Å². The van der Waals surface area contributed by atoms with Crippen molar-refractivity contribution in [3.8, 4) is 0 Å². The minimum Gasteiger partial charge on any atom is -0.352 e. The molecule has 1 aromatic carbocycles. The van der Waals surface area contributed by atoms with Gasteiger partial charge in [-0.2, -0.15) is 0 Å². The molecule has 0 heterocycles. The molecule has 1 aromatic rings. The van der Waals surface area contributed by atoms with Crippen molar-refractivity contribution in [2.45, 2.75) is 72.5 Å². The Kier molecular flexibility index (Phi) is 7.79. The van der Waals surface area contributed by atoms with Crippen LogP contribution >= 0.6 is 0 Å². The van der Waals surface area contributed by atoms with Crippen LogP contribution in [-0.4, -0.2) is 28.8 Å². The first-order valence-electron chi connectivity index (χ1n) is 8.58. The number of nitrogens with zero attached hydrogens (tertiary/aromatic N) is 1. The topological polar surface area (TPSA) is 49.4 Å². The van der Waals surface area contributed by atoms with Crippen LogP contribution in [0, 0.1) is 6.92 Å². The summed E-state index contributed by atoms with van der Waals surface area (Å²) < 4.78 is 0. The second-order valence-corrected chi connectivity index (χ2v) is 6.10. The highest BCUT2D eigenvalue weighted by Gasteiger charge is 2.28. The SMILES string of the molecule is CCC(=O)N(Cc1ccc(C)cc1)[C@@H](CC)C(=O)N[C@H](C)CC. The van der Waals surface area contributed by atoms with Crippen molar-refractivity contribution in [1.82, 2.24) is 10.2 Å². The Morgan fingerprint density at radius 3 is 2.17 bits per heavy atom. The van der Waals surface area contributed by atoms with E-state index >= 15 is 0 Å². The highest BCUT2D eigenvalue weighted by molar-refractivity contribution is 5.87. The first-order valence-corrected chi connectivity index (χ1v) is 8.58. The third-order valence-corrected chi connectivity index (χ3v) is 4.16. The summed E-state index contributed by atoms with van der Waals surface area (Å²) in [5, 5.41) is 3.00. The third kappa shape index (κ3) is 5.70. The molecule has 0 bridgehead atoms.